The molecule has 3 aromatic carbocycles. The van der Waals surface area contributed by atoms with Crippen LogP contribution in [-0.2, 0) is 6.42 Å². The Morgan fingerprint density at radius 2 is 1.80 bits per heavy atom. The molecule has 0 bridgehead atoms. The molecule has 3 nitrogen and oxygen atoms in total. The maximum absolute atomic E-state index is 13.1. The van der Waals surface area contributed by atoms with E-state index in [0.717, 1.165) is 29.7 Å². The fourth-order valence-corrected chi connectivity index (χ4v) is 3.57. The van der Waals surface area contributed by atoms with Crippen molar-refractivity contribution >= 4 is 17.7 Å². The Kier molecular flexibility index (Phi) is 5.40. The van der Waals surface area contributed by atoms with Gasteiger partial charge in [-0.2, -0.15) is 0 Å². The first-order valence-electron chi connectivity index (χ1n) is 10.1. The molecule has 1 unspecified atom stereocenters. The lowest BCUT2D eigenvalue weighted by Gasteiger charge is -2.32. The average Bonchev–Trinajstić information content (AvgIpc) is 2.74. The van der Waals surface area contributed by atoms with E-state index in [9.17, 15) is 9.18 Å². The van der Waals surface area contributed by atoms with Gasteiger partial charge in [0, 0.05) is 16.8 Å². The van der Waals surface area contributed by atoms with E-state index in [1.807, 2.05) is 25.1 Å². The third kappa shape index (κ3) is 4.43. The van der Waals surface area contributed by atoms with Crippen LogP contribution in [0.3, 0.4) is 0 Å². The van der Waals surface area contributed by atoms with E-state index in [4.69, 9.17) is 4.74 Å². The molecule has 1 atom stereocenters. The minimum absolute atomic E-state index is 0.272. The highest BCUT2D eigenvalue weighted by atomic mass is 19.1. The first-order valence-corrected chi connectivity index (χ1v) is 10.1. The Balaban J connectivity index is 1.49. The molecule has 4 heteroatoms. The largest absolute Gasteiger partial charge is 0.483 e. The summed E-state index contributed by atoms with van der Waals surface area (Å²) in [6.45, 7) is 4.03. The van der Waals surface area contributed by atoms with E-state index < -0.39 is 0 Å². The zero-order chi connectivity index (χ0) is 21.1. The number of carbonyl (C=O) groups is 1. The Labute approximate surface area is 176 Å². The van der Waals surface area contributed by atoms with Gasteiger partial charge < -0.3 is 10.1 Å². The molecule has 1 N–H and O–H groups in total. The summed E-state index contributed by atoms with van der Waals surface area (Å²) in [5.41, 5.74) is 3.86. The molecule has 0 fully saturated rings. The summed E-state index contributed by atoms with van der Waals surface area (Å²) in [5.74, 6) is 0.172. The molecule has 0 saturated carbocycles. The van der Waals surface area contributed by atoms with Gasteiger partial charge in [0.1, 0.15) is 17.2 Å². The van der Waals surface area contributed by atoms with Crippen molar-refractivity contribution in [2.45, 2.75) is 32.3 Å². The van der Waals surface area contributed by atoms with E-state index in [1.165, 1.54) is 29.8 Å². The van der Waals surface area contributed by atoms with Crippen molar-refractivity contribution in [3.05, 3.63) is 101 Å². The summed E-state index contributed by atoms with van der Waals surface area (Å²) < 4.78 is 19.4. The highest BCUT2D eigenvalue weighted by Gasteiger charge is 2.27. The molecule has 4 rings (SSSR count). The Bertz CT molecular complexity index is 1090. The van der Waals surface area contributed by atoms with Crippen LogP contribution in [0, 0.1) is 12.7 Å². The molecule has 30 heavy (non-hydrogen) atoms. The van der Waals surface area contributed by atoms with Crippen LogP contribution < -0.4 is 10.1 Å². The number of rotatable bonds is 5. The minimum atomic E-state index is -0.381. The molecule has 1 aliphatic rings. The highest BCUT2D eigenvalue weighted by molar-refractivity contribution is 6.04. The number of amides is 1. The lowest BCUT2D eigenvalue weighted by molar-refractivity contribution is 0.102. The molecule has 0 saturated heterocycles. The molecular formula is C26H24FNO2. The maximum atomic E-state index is 13.1. The fraction of sp³-hybridized carbons (Fsp3) is 0.192. The molecular weight excluding hydrogens is 377 g/mol. The predicted octanol–water partition coefficient (Wildman–Crippen LogP) is 6.18. The number of carbonyl (C=O) groups excluding carboxylic acids is 1. The van der Waals surface area contributed by atoms with E-state index in [1.54, 1.807) is 0 Å². The van der Waals surface area contributed by atoms with Crippen LogP contribution in [0.5, 0.6) is 5.75 Å². The molecule has 3 aromatic rings. The average molecular weight is 401 g/mol. The number of ether oxygens (including phenoxy) is 1. The van der Waals surface area contributed by atoms with Crippen LogP contribution in [-0.4, -0.2) is 11.5 Å². The first kappa shape index (κ1) is 19.9. The van der Waals surface area contributed by atoms with Gasteiger partial charge in [-0.15, -0.1) is 0 Å². The van der Waals surface area contributed by atoms with Gasteiger partial charge in [0.05, 0.1) is 0 Å². The van der Waals surface area contributed by atoms with Crippen LogP contribution in [0.1, 0.15) is 40.4 Å². The molecule has 0 aromatic heterocycles. The summed E-state index contributed by atoms with van der Waals surface area (Å²) in [7, 11) is 0. The number of anilines is 1. The topological polar surface area (TPSA) is 38.3 Å². The highest BCUT2D eigenvalue weighted by Crippen LogP contribution is 2.36. The van der Waals surface area contributed by atoms with Gasteiger partial charge in [0.2, 0.25) is 0 Å². The van der Waals surface area contributed by atoms with Gasteiger partial charge >= 0.3 is 0 Å². The zero-order valence-electron chi connectivity index (χ0n) is 17.1. The molecule has 152 valence electrons. The summed E-state index contributed by atoms with van der Waals surface area (Å²) in [6.07, 6.45) is 5.94. The maximum Gasteiger partial charge on any atom is 0.255 e. The van der Waals surface area contributed by atoms with Gasteiger partial charge in [-0.25, -0.2) is 4.39 Å². The molecule has 0 spiro atoms. The number of hydrogen-bond acceptors (Lipinski definition) is 2. The fourth-order valence-electron chi connectivity index (χ4n) is 3.57. The summed E-state index contributed by atoms with van der Waals surface area (Å²) in [4.78, 5) is 12.5. The Morgan fingerprint density at radius 1 is 1.07 bits per heavy atom. The molecule has 0 radical (unpaired) electrons. The summed E-state index contributed by atoms with van der Waals surface area (Å²) in [5, 5.41) is 2.91. The smallest absolute Gasteiger partial charge is 0.255 e. The third-order valence-electron chi connectivity index (χ3n) is 5.42. The quantitative estimate of drug-likeness (QED) is 0.554. The van der Waals surface area contributed by atoms with E-state index in [0.29, 0.717) is 11.3 Å². The van der Waals surface area contributed by atoms with Crippen LogP contribution in [0.4, 0.5) is 10.1 Å². The standard InChI is InChI=1S/C26H24FNO2/c1-18-16-24-21(17-23(18)28-25(29)20-8-10-22(27)11-9-20)13-15-26(2,30-24)14-12-19-6-4-3-5-7-19/h3-11,13,15-17H,12,14H2,1-2H3,(H,28,29). The van der Waals surface area contributed by atoms with Gasteiger partial charge in [-0.3, -0.25) is 4.79 Å². The van der Waals surface area contributed by atoms with Crippen molar-refractivity contribution in [1.82, 2.24) is 0 Å². The van der Waals surface area contributed by atoms with Gasteiger partial charge in [-0.1, -0.05) is 36.4 Å². The molecule has 1 heterocycles. The van der Waals surface area contributed by atoms with E-state index in [2.05, 4.69) is 48.7 Å². The van der Waals surface area contributed by atoms with Crippen molar-refractivity contribution in [3.63, 3.8) is 0 Å². The van der Waals surface area contributed by atoms with Gasteiger partial charge in [-0.05, 0) is 80.3 Å². The molecule has 1 aliphatic heterocycles. The van der Waals surface area contributed by atoms with E-state index in [-0.39, 0.29) is 17.3 Å². The van der Waals surface area contributed by atoms with Crippen LogP contribution in [0.25, 0.3) is 6.08 Å². The molecule has 1 amide bonds. The molecule has 0 aliphatic carbocycles. The van der Waals surface area contributed by atoms with E-state index >= 15 is 0 Å². The predicted molar refractivity (Wildman–Crippen MR) is 118 cm³/mol. The number of hydrogen-bond donors (Lipinski definition) is 1. The summed E-state index contributed by atoms with van der Waals surface area (Å²) in [6, 6.07) is 19.8. The lowest BCUT2D eigenvalue weighted by Crippen LogP contribution is -2.32. The number of benzene rings is 3. The number of fused-ring (bicyclic) bond motifs is 1. The second-order valence-corrected chi connectivity index (χ2v) is 7.90. The van der Waals surface area contributed by atoms with Crippen molar-refractivity contribution in [1.29, 1.82) is 0 Å². The SMILES string of the molecule is Cc1cc2c(cc1NC(=O)c1ccc(F)cc1)C=CC(C)(CCc1ccccc1)O2. The van der Waals surface area contributed by atoms with Crippen molar-refractivity contribution in [2.75, 3.05) is 5.32 Å². The number of aryl methyl sites for hydroxylation is 2. The summed E-state index contributed by atoms with van der Waals surface area (Å²) >= 11 is 0. The van der Waals surface area contributed by atoms with Crippen LogP contribution in [0.2, 0.25) is 0 Å². The monoisotopic (exact) mass is 401 g/mol. The van der Waals surface area contributed by atoms with Crippen molar-refractivity contribution < 1.29 is 13.9 Å². The number of nitrogens with one attached hydrogen (secondary N) is 1. The zero-order valence-corrected chi connectivity index (χ0v) is 17.1. The first-order chi connectivity index (χ1) is 14.4. The van der Waals surface area contributed by atoms with Gasteiger partial charge in [0.15, 0.2) is 0 Å². The van der Waals surface area contributed by atoms with Crippen molar-refractivity contribution in [2.24, 2.45) is 0 Å². The van der Waals surface area contributed by atoms with Gasteiger partial charge in [0.25, 0.3) is 5.91 Å². The van der Waals surface area contributed by atoms with Crippen molar-refractivity contribution in [3.8, 4) is 5.75 Å². The second-order valence-electron chi connectivity index (χ2n) is 7.90. The van der Waals surface area contributed by atoms with Crippen LogP contribution in [0.15, 0.2) is 72.8 Å². The third-order valence-corrected chi connectivity index (χ3v) is 5.42. The lowest BCUT2D eigenvalue weighted by atomic mass is 9.92. The Morgan fingerprint density at radius 3 is 2.53 bits per heavy atom. The second kappa shape index (κ2) is 8.15. The number of halogens is 1. The Hall–Kier alpha value is -3.40. The van der Waals surface area contributed by atoms with Crippen LogP contribution >= 0.6 is 0 Å². The minimum Gasteiger partial charge on any atom is -0.483 e. The normalized spacial score (nSPS) is 17.2.